The normalized spacial score (nSPS) is 18.8. The quantitative estimate of drug-likeness (QED) is 0.653. The summed E-state index contributed by atoms with van der Waals surface area (Å²) in [7, 11) is 4.01. The van der Waals surface area contributed by atoms with Crippen LogP contribution < -0.4 is 5.32 Å². The van der Waals surface area contributed by atoms with Crippen molar-refractivity contribution in [2.75, 3.05) is 45.7 Å². The fraction of sp³-hybridized carbons (Fsp3) is 0.667. The van der Waals surface area contributed by atoms with E-state index in [1.165, 1.54) is 16.2 Å². The maximum Gasteiger partial charge on any atom is 0.341 e. The van der Waals surface area contributed by atoms with E-state index in [2.05, 4.69) is 10.2 Å². The molecular formula is C21H31N3O4S. The molecule has 0 aromatic carbocycles. The van der Waals surface area contributed by atoms with Crippen molar-refractivity contribution < 1.29 is 19.1 Å². The first-order chi connectivity index (χ1) is 13.9. The molecular weight excluding hydrogens is 390 g/mol. The smallest absolute Gasteiger partial charge is 0.341 e. The molecule has 29 heavy (non-hydrogen) atoms. The summed E-state index contributed by atoms with van der Waals surface area (Å²) in [5.74, 6) is -0.899. The number of nitrogens with zero attached hydrogens (tertiary/aromatic N) is 2. The molecule has 3 rings (SSSR count). The van der Waals surface area contributed by atoms with E-state index in [4.69, 9.17) is 4.74 Å². The van der Waals surface area contributed by atoms with Crippen LogP contribution in [-0.2, 0) is 27.2 Å². The highest BCUT2D eigenvalue weighted by Gasteiger charge is 2.35. The Bertz CT molecular complexity index is 774. The average Bonchev–Trinajstić information content (AvgIpc) is 3.22. The molecule has 0 radical (unpaired) electrons. The van der Waals surface area contributed by atoms with Gasteiger partial charge in [-0.05, 0) is 65.2 Å². The third-order valence-electron chi connectivity index (χ3n) is 5.51. The Balaban J connectivity index is 1.68. The molecule has 1 atom stereocenters. The molecule has 0 spiro atoms. The zero-order chi connectivity index (χ0) is 21.0. The van der Waals surface area contributed by atoms with Crippen molar-refractivity contribution in [3.8, 4) is 0 Å². The molecule has 0 saturated carbocycles. The molecule has 8 heteroatoms. The van der Waals surface area contributed by atoms with Gasteiger partial charge in [0.25, 0.3) is 0 Å². The van der Waals surface area contributed by atoms with Gasteiger partial charge in [-0.25, -0.2) is 4.79 Å². The molecule has 160 valence electrons. The minimum Gasteiger partial charge on any atom is -0.462 e. The molecule has 1 aliphatic carbocycles. The highest BCUT2D eigenvalue weighted by Crippen LogP contribution is 2.39. The number of ether oxygens (including phenoxy) is 1. The van der Waals surface area contributed by atoms with Crippen molar-refractivity contribution in [2.45, 2.75) is 45.4 Å². The number of nitrogens with one attached hydrogen (secondary N) is 1. The zero-order valence-electron chi connectivity index (χ0n) is 17.6. The van der Waals surface area contributed by atoms with Crippen LogP contribution in [0.2, 0.25) is 0 Å². The van der Waals surface area contributed by atoms with Crippen molar-refractivity contribution >= 4 is 34.1 Å². The highest BCUT2D eigenvalue weighted by atomic mass is 32.1. The van der Waals surface area contributed by atoms with Crippen molar-refractivity contribution in [3.63, 3.8) is 0 Å². The van der Waals surface area contributed by atoms with Gasteiger partial charge < -0.3 is 19.9 Å². The first kappa shape index (κ1) is 21.8. The van der Waals surface area contributed by atoms with E-state index in [1.807, 2.05) is 14.1 Å². The number of hydrogen-bond acceptors (Lipinski definition) is 6. The summed E-state index contributed by atoms with van der Waals surface area (Å²) in [6, 6.07) is 0. The molecule has 1 saturated heterocycles. The summed E-state index contributed by atoms with van der Waals surface area (Å²) in [4.78, 5) is 42.8. The minimum absolute atomic E-state index is 0.0278. The Kier molecular flexibility index (Phi) is 7.29. The van der Waals surface area contributed by atoms with Gasteiger partial charge in [-0.1, -0.05) is 0 Å². The molecule has 2 amide bonds. The van der Waals surface area contributed by atoms with Crippen LogP contribution in [0.4, 0.5) is 5.00 Å². The second-order valence-corrected chi connectivity index (χ2v) is 9.13. The largest absolute Gasteiger partial charge is 0.462 e. The van der Waals surface area contributed by atoms with Crippen molar-refractivity contribution in [2.24, 2.45) is 5.92 Å². The summed E-state index contributed by atoms with van der Waals surface area (Å²) in [5.41, 5.74) is 1.55. The fourth-order valence-corrected chi connectivity index (χ4v) is 5.31. The van der Waals surface area contributed by atoms with Crippen LogP contribution in [0.3, 0.4) is 0 Å². The average molecular weight is 422 g/mol. The number of anilines is 1. The number of aryl methyl sites for hydroxylation is 1. The van der Waals surface area contributed by atoms with E-state index in [1.54, 1.807) is 11.8 Å². The van der Waals surface area contributed by atoms with Crippen LogP contribution >= 0.6 is 11.3 Å². The zero-order valence-corrected chi connectivity index (χ0v) is 18.4. The van der Waals surface area contributed by atoms with Crippen LogP contribution in [-0.4, -0.2) is 67.9 Å². The van der Waals surface area contributed by atoms with Gasteiger partial charge in [0, 0.05) is 24.4 Å². The lowest BCUT2D eigenvalue weighted by atomic mass is 9.95. The molecule has 1 N–H and O–H groups in total. The van der Waals surface area contributed by atoms with Gasteiger partial charge in [0.15, 0.2) is 0 Å². The number of rotatable bonds is 8. The molecule has 1 aromatic heterocycles. The number of carbonyl (C=O) groups excluding carboxylic acids is 3. The lowest BCUT2D eigenvalue weighted by molar-refractivity contribution is -0.128. The Labute approximate surface area is 176 Å². The molecule has 7 nitrogen and oxygen atoms in total. The van der Waals surface area contributed by atoms with E-state index in [-0.39, 0.29) is 30.1 Å². The van der Waals surface area contributed by atoms with Crippen molar-refractivity contribution in [1.82, 2.24) is 9.80 Å². The molecule has 0 bridgehead atoms. The van der Waals surface area contributed by atoms with Crippen molar-refractivity contribution in [1.29, 1.82) is 0 Å². The Morgan fingerprint density at radius 3 is 2.76 bits per heavy atom. The SMILES string of the molecule is CCOC(=O)c1c(NC(=O)C2CC(=O)N(CCCN(C)C)C2)sc2c1CCCC2. The Morgan fingerprint density at radius 1 is 1.28 bits per heavy atom. The predicted molar refractivity (Wildman–Crippen MR) is 113 cm³/mol. The van der Waals surface area contributed by atoms with Gasteiger partial charge in [-0.2, -0.15) is 0 Å². The first-order valence-electron chi connectivity index (χ1n) is 10.5. The lowest BCUT2D eigenvalue weighted by Crippen LogP contribution is -2.30. The van der Waals surface area contributed by atoms with Gasteiger partial charge in [-0.15, -0.1) is 11.3 Å². The standard InChI is InChI=1S/C21H31N3O4S/c1-4-28-21(27)18-15-8-5-6-9-16(15)29-20(18)22-19(26)14-12-17(25)24(13-14)11-7-10-23(2)3/h14H,4-13H2,1-3H3,(H,22,26). The summed E-state index contributed by atoms with van der Waals surface area (Å²) in [5, 5.41) is 3.54. The summed E-state index contributed by atoms with van der Waals surface area (Å²) < 4.78 is 5.25. The summed E-state index contributed by atoms with van der Waals surface area (Å²) in [6.45, 7) is 4.10. The molecule has 1 unspecified atom stereocenters. The molecule has 1 aromatic rings. The Hall–Kier alpha value is -1.93. The van der Waals surface area contributed by atoms with Crippen molar-refractivity contribution in [3.05, 3.63) is 16.0 Å². The maximum atomic E-state index is 12.9. The van der Waals surface area contributed by atoms with Gasteiger partial charge in [-0.3, -0.25) is 9.59 Å². The first-order valence-corrected chi connectivity index (χ1v) is 11.3. The molecule has 1 aliphatic heterocycles. The molecule has 2 aliphatic rings. The van der Waals surface area contributed by atoms with Crippen LogP contribution in [0.25, 0.3) is 0 Å². The molecule has 2 heterocycles. The van der Waals surface area contributed by atoms with Gasteiger partial charge in [0.2, 0.25) is 11.8 Å². The number of fused-ring (bicyclic) bond motifs is 1. The van der Waals surface area contributed by atoms with E-state index >= 15 is 0 Å². The number of amides is 2. The van der Waals surface area contributed by atoms with Crippen LogP contribution in [0.5, 0.6) is 0 Å². The van der Waals surface area contributed by atoms with Crippen LogP contribution in [0, 0.1) is 5.92 Å². The fourth-order valence-electron chi connectivity index (χ4n) is 4.03. The molecule has 1 fully saturated rings. The highest BCUT2D eigenvalue weighted by molar-refractivity contribution is 7.17. The third kappa shape index (κ3) is 5.17. The second-order valence-electron chi connectivity index (χ2n) is 8.02. The minimum atomic E-state index is -0.379. The number of carbonyl (C=O) groups is 3. The monoisotopic (exact) mass is 421 g/mol. The maximum absolute atomic E-state index is 12.9. The topological polar surface area (TPSA) is 78.9 Å². The van der Waals surface area contributed by atoms with Crippen LogP contribution in [0.15, 0.2) is 0 Å². The second kappa shape index (κ2) is 9.71. The van der Waals surface area contributed by atoms with Crippen LogP contribution in [0.1, 0.15) is 53.4 Å². The van der Waals surface area contributed by atoms with Gasteiger partial charge >= 0.3 is 5.97 Å². The lowest BCUT2D eigenvalue weighted by Gasteiger charge is -2.18. The number of esters is 1. The Morgan fingerprint density at radius 2 is 2.03 bits per heavy atom. The summed E-state index contributed by atoms with van der Waals surface area (Å²) in [6.07, 6.45) is 5.04. The third-order valence-corrected chi connectivity index (χ3v) is 6.71. The summed E-state index contributed by atoms with van der Waals surface area (Å²) >= 11 is 1.49. The van der Waals surface area contributed by atoms with Gasteiger partial charge in [0.1, 0.15) is 5.00 Å². The predicted octanol–water partition coefficient (Wildman–Crippen LogP) is 2.54. The van der Waals surface area contributed by atoms with Gasteiger partial charge in [0.05, 0.1) is 18.1 Å². The number of thiophene rings is 1. The van der Waals surface area contributed by atoms with E-state index < -0.39 is 0 Å². The number of likely N-dealkylation sites (tertiary alicyclic amines) is 1. The number of hydrogen-bond donors (Lipinski definition) is 1. The van der Waals surface area contributed by atoms with E-state index in [0.29, 0.717) is 30.3 Å². The van der Waals surface area contributed by atoms with E-state index in [0.717, 1.165) is 44.2 Å². The van der Waals surface area contributed by atoms with E-state index in [9.17, 15) is 14.4 Å².